The van der Waals surface area contributed by atoms with Crippen LogP contribution in [0.3, 0.4) is 0 Å². The molecule has 6 nitrogen and oxygen atoms in total. The van der Waals surface area contributed by atoms with Crippen molar-refractivity contribution in [3.63, 3.8) is 0 Å². The Morgan fingerprint density at radius 2 is 1.25 bits per heavy atom. The molecule has 0 unspecified atom stereocenters. The van der Waals surface area contributed by atoms with Crippen molar-refractivity contribution in [1.29, 1.82) is 0 Å². The number of benzene rings is 1. The molecule has 0 aliphatic carbocycles. The number of carbonyl (C=O) groups is 2. The molecule has 126 valence electrons. The third-order valence-electron chi connectivity index (χ3n) is 4.54. The number of nitrogens with zero attached hydrogens (tertiary/aromatic N) is 2. The van der Waals surface area contributed by atoms with Gasteiger partial charge in [-0.1, -0.05) is 10.9 Å². The van der Waals surface area contributed by atoms with Crippen molar-refractivity contribution in [3.05, 3.63) is 5.69 Å². The third-order valence-corrected chi connectivity index (χ3v) is 4.54. The van der Waals surface area contributed by atoms with Crippen LogP contribution in [0.5, 0.6) is 5.75 Å². The summed E-state index contributed by atoms with van der Waals surface area (Å²) >= 11 is 0. The highest BCUT2D eigenvalue weighted by Gasteiger charge is 2.36. The van der Waals surface area contributed by atoms with Gasteiger partial charge in [0.2, 0.25) is 7.98 Å². The maximum atomic E-state index is 12.8. The van der Waals surface area contributed by atoms with Crippen molar-refractivity contribution in [2.75, 3.05) is 0 Å². The van der Waals surface area contributed by atoms with Crippen molar-refractivity contribution in [1.82, 2.24) is 9.79 Å². The fraction of sp³-hybridized carbons (Fsp3) is 0.0714. The molecule has 2 rings (SSSR count). The molecule has 0 saturated carbocycles. The molecule has 0 spiro atoms. The lowest BCUT2D eigenvalue weighted by Crippen LogP contribution is -2.58. The van der Waals surface area contributed by atoms with Gasteiger partial charge in [-0.05, 0) is 22.2 Å². The minimum Gasteiger partial charge on any atom is -0.567 e. The molecule has 0 bridgehead atoms. The van der Waals surface area contributed by atoms with E-state index >= 15 is 0 Å². The predicted octanol–water partition coefficient (Wildman–Crippen LogP) is -9.09. The van der Waals surface area contributed by atoms with Crippen LogP contribution in [0.15, 0.2) is 0 Å². The first-order chi connectivity index (χ1) is 14.7. The summed E-state index contributed by atoms with van der Waals surface area (Å²) in [5.74, 6) is -3.32. The molecule has 18 heteroatoms. The van der Waals surface area contributed by atoms with Gasteiger partial charge in [0.1, 0.15) is 76.4 Å². The van der Waals surface area contributed by atoms with Crippen LogP contribution in [0.4, 0.5) is 0 Å². The van der Waals surface area contributed by atoms with E-state index in [-0.39, 0.29) is 48.7 Å². The van der Waals surface area contributed by atoms with E-state index in [1.54, 1.807) is 0 Å². The van der Waals surface area contributed by atoms with Gasteiger partial charge in [0, 0.05) is 5.34 Å². The quantitative estimate of drug-likeness (QED) is 0.475. The summed E-state index contributed by atoms with van der Waals surface area (Å²) < 4.78 is 8.60. The summed E-state index contributed by atoms with van der Waals surface area (Å²) in [7, 11) is 68.2. The molecule has 0 saturated heterocycles. The Balaban J connectivity index is 2.80. The zero-order chi connectivity index (χ0) is 24.7. The van der Waals surface area contributed by atoms with Gasteiger partial charge in [-0.15, -0.1) is 16.4 Å². The zero-order valence-electron chi connectivity index (χ0n) is 16.5. The van der Waals surface area contributed by atoms with E-state index in [1.807, 2.05) is 0 Å². The number of pyridine rings is 1. The van der Waals surface area contributed by atoms with E-state index in [0.29, 0.717) is 0 Å². The highest BCUT2D eigenvalue weighted by atomic mass is 16.5. The second kappa shape index (κ2) is 9.40. The highest BCUT2D eigenvalue weighted by Crippen LogP contribution is 2.21. The Kier molecular flexibility index (Phi) is 7.68. The Morgan fingerprint density at radius 3 is 1.69 bits per heavy atom. The standard InChI is InChI=1S/C14B12N2O4/c15-3-1(4(16)7(19)8(20)6(3)18)2-5(17)10(31-25)9(27-11(2)21)12(29)28(24)14(22,23)13(30)32-26. The third kappa shape index (κ3) is 4.13. The van der Waals surface area contributed by atoms with E-state index in [4.69, 9.17) is 99.4 Å². The molecule has 32 heavy (non-hydrogen) atoms. The fourth-order valence-electron chi connectivity index (χ4n) is 2.73. The smallest absolute Gasteiger partial charge is 0.378 e. The van der Waals surface area contributed by atoms with Gasteiger partial charge in [-0.3, -0.25) is 14.6 Å². The first-order valence-electron chi connectivity index (χ1n) is 8.29. The first-order valence-corrected chi connectivity index (χ1v) is 8.29. The zero-order valence-corrected chi connectivity index (χ0v) is 16.5. The fourth-order valence-corrected chi connectivity index (χ4v) is 2.73. The van der Waals surface area contributed by atoms with Crippen LogP contribution in [0.25, 0.3) is 11.1 Å². The Labute approximate surface area is 201 Å². The topological polar surface area (TPSA) is 68.7 Å². The van der Waals surface area contributed by atoms with Gasteiger partial charge in [0.05, 0.1) is 0 Å². The summed E-state index contributed by atoms with van der Waals surface area (Å²) in [5.41, 5.74) is -2.20. The molecule has 1 amide bonds. The number of carbonyl (C=O) groups excluding carboxylic acids is 2. The van der Waals surface area contributed by atoms with E-state index in [1.165, 1.54) is 0 Å². The van der Waals surface area contributed by atoms with E-state index < -0.39 is 34.3 Å². The summed E-state index contributed by atoms with van der Waals surface area (Å²) in [5, 5.41) is -2.71. The van der Waals surface area contributed by atoms with Crippen LogP contribution in [0.2, 0.25) is 0 Å². The average molecular weight is 390 g/mol. The Morgan fingerprint density at radius 1 is 0.781 bits per heavy atom. The largest absolute Gasteiger partial charge is 0.567 e. The number of rotatable bonds is 5. The lowest BCUT2D eigenvalue weighted by atomic mass is 9.58. The minimum atomic E-state index is -2.71. The molecular weight excluding hydrogens is 390 g/mol. The van der Waals surface area contributed by atoms with Crippen molar-refractivity contribution in [2.45, 2.75) is 5.34 Å². The highest BCUT2D eigenvalue weighted by molar-refractivity contribution is 6.69. The van der Waals surface area contributed by atoms with Crippen LogP contribution in [-0.4, -0.2) is 122 Å². The van der Waals surface area contributed by atoms with Gasteiger partial charge in [0.15, 0.2) is 5.69 Å². The van der Waals surface area contributed by atoms with Crippen LogP contribution in [-0.2, 0) is 9.45 Å². The van der Waals surface area contributed by atoms with Gasteiger partial charge in [-0.25, -0.2) is 0 Å². The monoisotopic (exact) mass is 392 g/mol. The van der Waals surface area contributed by atoms with Gasteiger partial charge in [0.25, 0.3) is 11.9 Å². The maximum Gasteiger partial charge on any atom is 0.378 e. The van der Waals surface area contributed by atoms with Crippen molar-refractivity contribution in [3.8, 4) is 16.9 Å². The number of hydrogen-bond acceptors (Lipinski definition) is 5. The summed E-state index contributed by atoms with van der Waals surface area (Å²) in [6.07, 6.45) is 0. The van der Waals surface area contributed by atoms with Crippen molar-refractivity contribution >= 4 is 145 Å². The van der Waals surface area contributed by atoms with Crippen molar-refractivity contribution in [2.24, 2.45) is 0 Å². The van der Waals surface area contributed by atoms with Crippen LogP contribution >= 0.6 is 0 Å². The van der Waals surface area contributed by atoms with E-state index in [0.717, 1.165) is 0 Å². The number of hydrogen-bond donors (Lipinski definition) is 0. The average Bonchev–Trinajstić information content (AvgIpc) is 2.76. The first kappa shape index (κ1) is 26.1. The van der Waals surface area contributed by atoms with Crippen LogP contribution < -0.4 is 43.0 Å². The molecule has 0 atom stereocenters. The van der Waals surface area contributed by atoms with Crippen LogP contribution in [0, 0.1) is 0 Å². The minimum absolute atomic E-state index is 0.0442. The lowest BCUT2D eigenvalue weighted by Gasteiger charge is -2.36. The molecule has 0 aliphatic rings. The molecular formula is C14B12N2O4. The van der Waals surface area contributed by atoms with Gasteiger partial charge >= 0.3 is 16.1 Å². The van der Waals surface area contributed by atoms with E-state index in [9.17, 15) is 9.59 Å². The van der Waals surface area contributed by atoms with Crippen LogP contribution in [0.1, 0.15) is 10.5 Å². The normalized spacial score (nSPS) is 11.0. The molecule has 0 fully saturated rings. The summed E-state index contributed by atoms with van der Waals surface area (Å²) in [6, 6.07) is 0. The second-order valence-electron chi connectivity index (χ2n) is 6.43. The van der Waals surface area contributed by atoms with Gasteiger partial charge in [-0.2, -0.15) is 0 Å². The molecule has 0 aliphatic heterocycles. The number of amides is 1. The van der Waals surface area contributed by atoms with Gasteiger partial charge < -0.3 is 14.1 Å². The maximum absolute atomic E-state index is 12.8. The summed E-state index contributed by atoms with van der Waals surface area (Å²) in [4.78, 5) is 28.4. The summed E-state index contributed by atoms with van der Waals surface area (Å²) in [6.45, 7) is 0. The molecule has 1 aromatic carbocycles. The SMILES string of the molecule is [B]OC(=O)C([B])([B])N([B])C(=O)c1nc([B])c(-c2c([B])c([B])c([B])c([B])c2[B])c([B])c1O[B]. The molecule has 24 radical (unpaired) electrons. The predicted molar refractivity (Wildman–Crippen MR) is 132 cm³/mol. The molecule has 1 aromatic heterocycles. The second-order valence-corrected chi connectivity index (χ2v) is 6.43. The Hall–Kier alpha value is -2.11. The Bertz CT molecular complexity index is 1100. The van der Waals surface area contributed by atoms with E-state index in [2.05, 4.69) is 9.64 Å². The van der Waals surface area contributed by atoms with Crippen molar-refractivity contribution < 1.29 is 18.9 Å². The molecule has 2 aromatic rings. The lowest BCUT2D eigenvalue weighted by molar-refractivity contribution is -0.136. The molecule has 0 N–H and O–H groups in total. The number of aromatic nitrogens is 1. The molecule has 1 heterocycles.